The van der Waals surface area contributed by atoms with E-state index in [1.54, 1.807) is 19.1 Å². The standard InChI is InChI=1S/C11H13BrFNO2/c1-11(15-6-8(5-14)16-11)9-4-7(12)2-3-10(9)13/h2-4,8H,5-6,14H2,1H3. The Balaban J connectivity index is 2.33. The average molecular weight is 290 g/mol. The van der Waals surface area contributed by atoms with Crippen molar-refractivity contribution in [2.24, 2.45) is 5.73 Å². The van der Waals surface area contributed by atoms with Crippen molar-refractivity contribution in [3.63, 3.8) is 0 Å². The van der Waals surface area contributed by atoms with Crippen LogP contribution in [0.1, 0.15) is 12.5 Å². The van der Waals surface area contributed by atoms with E-state index >= 15 is 0 Å². The highest BCUT2D eigenvalue weighted by molar-refractivity contribution is 9.10. The SMILES string of the molecule is CC1(c2cc(Br)ccc2F)OCC(CN)O1. The van der Waals surface area contributed by atoms with Gasteiger partial charge >= 0.3 is 0 Å². The third-order valence-corrected chi connectivity index (χ3v) is 3.11. The molecule has 5 heteroatoms. The third-order valence-electron chi connectivity index (χ3n) is 2.62. The van der Waals surface area contributed by atoms with Crippen LogP contribution in [-0.4, -0.2) is 19.3 Å². The van der Waals surface area contributed by atoms with E-state index in [4.69, 9.17) is 15.2 Å². The highest BCUT2D eigenvalue weighted by Gasteiger charge is 2.40. The van der Waals surface area contributed by atoms with E-state index in [0.29, 0.717) is 18.7 Å². The Labute approximate surface area is 102 Å². The smallest absolute Gasteiger partial charge is 0.195 e. The van der Waals surface area contributed by atoms with Crippen molar-refractivity contribution in [1.29, 1.82) is 0 Å². The van der Waals surface area contributed by atoms with Gasteiger partial charge in [0.15, 0.2) is 5.79 Å². The normalized spacial score (nSPS) is 29.6. The zero-order valence-electron chi connectivity index (χ0n) is 8.87. The Kier molecular flexibility index (Phi) is 3.30. The predicted octanol–water partition coefficient (Wildman–Crippen LogP) is 2.13. The summed E-state index contributed by atoms with van der Waals surface area (Å²) in [6, 6.07) is 4.68. The van der Waals surface area contributed by atoms with Gasteiger partial charge in [0.1, 0.15) is 5.82 Å². The molecule has 88 valence electrons. The van der Waals surface area contributed by atoms with Crippen LogP contribution in [0.2, 0.25) is 0 Å². The summed E-state index contributed by atoms with van der Waals surface area (Å²) in [6.07, 6.45) is -0.177. The van der Waals surface area contributed by atoms with Gasteiger partial charge in [-0.1, -0.05) is 15.9 Å². The first-order valence-corrected chi connectivity index (χ1v) is 5.82. The van der Waals surface area contributed by atoms with Gasteiger partial charge in [-0.25, -0.2) is 4.39 Å². The van der Waals surface area contributed by atoms with Crippen LogP contribution < -0.4 is 5.73 Å². The maximum Gasteiger partial charge on any atom is 0.195 e. The highest BCUT2D eigenvalue weighted by Crippen LogP contribution is 2.36. The molecule has 0 bridgehead atoms. The molecule has 1 aliphatic heterocycles. The van der Waals surface area contributed by atoms with Crippen molar-refractivity contribution >= 4 is 15.9 Å². The van der Waals surface area contributed by atoms with E-state index in [1.807, 2.05) is 0 Å². The Morgan fingerprint density at radius 2 is 2.38 bits per heavy atom. The number of nitrogens with two attached hydrogens (primary N) is 1. The molecule has 0 aromatic heterocycles. The fourth-order valence-corrected chi connectivity index (χ4v) is 2.10. The Morgan fingerprint density at radius 1 is 1.62 bits per heavy atom. The molecule has 0 radical (unpaired) electrons. The second kappa shape index (κ2) is 4.41. The lowest BCUT2D eigenvalue weighted by Gasteiger charge is -2.24. The molecule has 0 spiro atoms. The van der Waals surface area contributed by atoms with Crippen LogP contribution in [0, 0.1) is 5.82 Å². The van der Waals surface area contributed by atoms with Gasteiger partial charge in [-0.15, -0.1) is 0 Å². The molecule has 1 aliphatic rings. The zero-order valence-corrected chi connectivity index (χ0v) is 10.5. The summed E-state index contributed by atoms with van der Waals surface area (Å²) in [6.45, 7) is 2.46. The minimum absolute atomic E-state index is 0.177. The van der Waals surface area contributed by atoms with Crippen LogP contribution in [0.3, 0.4) is 0 Å². The summed E-state index contributed by atoms with van der Waals surface area (Å²) in [5.41, 5.74) is 5.88. The molecule has 0 aliphatic carbocycles. The van der Waals surface area contributed by atoms with Crippen LogP contribution in [-0.2, 0) is 15.3 Å². The molecular weight excluding hydrogens is 277 g/mol. The summed E-state index contributed by atoms with van der Waals surface area (Å²) >= 11 is 3.30. The molecule has 0 saturated carbocycles. The largest absolute Gasteiger partial charge is 0.343 e. The summed E-state index contributed by atoms with van der Waals surface area (Å²) in [5, 5.41) is 0. The van der Waals surface area contributed by atoms with Gasteiger partial charge in [-0.2, -0.15) is 0 Å². The quantitative estimate of drug-likeness (QED) is 0.907. The number of benzene rings is 1. The van der Waals surface area contributed by atoms with Gasteiger partial charge in [0.2, 0.25) is 0 Å². The molecule has 2 rings (SSSR count). The second-order valence-corrected chi connectivity index (χ2v) is 4.77. The summed E-state index contributed by atoms with van der Waals surface area (Å²) in [7, 11) is 0. The van der Waals surface area contributed by atoms with Gasteiger partial charge in [-0.05, 0) is 25.1 Å². The van der Waals surface area contributed by atoms with E-state index in [2.05, 4.69) is 15.9 Å². The van der Waals surface area contributed by atoms with E-state index in [1.165, 1.54) is 6.07 Å². The first-order valence-electron chi connectivity index (χ1n) is 5.02. The number of halogens is 2. The van der Waals surface area contributed by atoms with Gasteiger partial charge in [0.25, 0.3) is 0 Å². The average Bonchev–Trinajstić information content (AvgIpc) is 2.65. The number of rotatable bonds is 2. The van der Waals surface area contributed by atoms with E-state index in [-0.39, 0.29) is 11.9 Å². The van der Waals surface area contributed by atoms with Crippen molar-refractivity contribution < 1.29 is 13.9 Å². The fraction of sp³-hybridized carbons (Fsp3) is 0.455. The first kappa shape index (κ1) is 12.0. The molecule has 16 heavy (non-hydrogen) atoms. The molecule has 3 nitrogen and oxygen atoms in total. The maximum absolute atomic E-state index is 13.7. The van der Waals surface area contributed by atoms with E-state index in [9.17, 15) is 4.39 Å². The Morgan fingerprint density at radius 3 is 3.00 bits per heavy atom. The van der Waals surface area contributed by atoms with Crippen molar-refractivity contribution in [1.82, 2.24) is 0 Å². The van der Waals surface area contributed by atoms with Crippen molar-refractivity contribution in [3.8, 4) is 0 Å². The van der Waals surface area contributed by atoms with Crippen molar-refractivity contribution in [3.05, 3.63) is 34.1 Å². The molecule has 2 atom stereocenters. The van der Waals surface area contributed by atoms with Crippen molar-refractivity contribution in [2.75, 3.05) is 13.2 Å². The minimum Gasteiger partial charge on any atom is -0.343 e. The molecule has 1 fully saturated rings. The summed E-state index contributed by atoms with van der Waals surface area (Å²) < 4.78 is 25.6. The van der Waals surface area contributed by atoms with Crippen LogP contribution in [0.25, 0.3) is 0 Å². The van der Waals surface area contributed by atoms with Crippen LogP contribution >= 0.6 is 15.9 Å². The second-order valence-electron chi connectivity index (χ2n) is 3.86. The zero-order chi connectivity index (χ0) is 11.8. The highest BCUT2D eigenvalue weighted by atomic mass is 79.9. The number of hydrogen-bond acceptors (Lipinski definition) is 3. The molecule has 2 unspecified atom stereocenters. The lowest BCUT2D eigenvalue weighted by molar-refractivity contribution is -0.162. The fourth-order valence-electron chi connectivity index (χ4n) is 1.74. The Hall–Kier alpha value is -0.490. The van der Waals surface area contributed by atoms with Crippen molar-refractivity contribution in [2.45, 2.75) is 18.8 Å². The lowest BCUT2D eigenvalue weighted by atomic mass is 10.1. The minimum atomic E-state index is -1.04. The first-order chi connectivity index (χ1) is 7.55. The van der Waals surface area contributed by atoms with Gasteiger partial charge in [0, 0.05) is 16.6 Å². The van der Waals surface area contributed by atoms with E-state index < -0.39 is 5.79 Å². The van der Waals surface area contributed by atoms with Gasteiger partial charge in [0.05, 0.1) is 12.7 Å². The van der Waals surface area contributed by atoms with Gasteiger partial charge < -0.3 is 15.2 Å². The molecule has 1 aromatic carbocycles. The molecular formula is C11H13BrFNO2. The lowest BCUT2D eigenvalue weighted by Crippen LogP contribution is -2.28. The summed E-state index contributed by atoms with van der Waals surface area (Å²) in [4.78, 5) is 0. The molecule has 1 heterocycles. The maximum atomic E-state index is 13.7. The van der Waals surface area contributed by atoms with Crippen LogP contribution in [0.5, 0.6) is 0 Å². The summed E-state index contributed by atoms with van der Waals surface area (Å²) in [5.74, 6) is -1.39. The number of ether oxygens (including phenoxy) is 2. The van der Waals surface area contributed by atoms with Crippen LogP contribution in [0.15, 0.2) is 22.7 Å². The number of hydrogen-bond donors (Lipinski definition) is 1. The topological polar surface area (TPSA) is 44.5 Å². The monoisotopic (exact) mass is 289 g/mol. The third kappa shape index (κ3) is 2.13. The molecule has 1 aromatic rings. The molecule has 0 amide bonds. The van der Waals surface area contributed by atoms with Crippen LogP contribution in [0.4, 0.5) is 4.39 Å². The predicted molar refractivity (Wildman–Crippen MR) is 61.3 cm³/mol. The van der Waals surface area contributed by atoms with Gasteiger partial charge in [-0.3, -0.25) is 0 Å². The van der Waals surface area contributed by atoms with E-state index in [0.717, 1.165) is 4.47 Å². The Bertz CT molecular complexity index is 402. The molecule has 2 N–H and O–H groups in total. The molecule has 1 saturated heterocycles.